The summed E-state index contributed by atoms with van der Waals surface area (Å²) in [6.45, 7) is 0. The molecule has 0 aliphatic carbocycles. The lowest BCUT2D eigenvalue weighted by atomic mass is 9.90. The van der Waals surface area contributed by atoms with E-state index in [-0.39, 0.29) is 0 Å². The van der Waals surface area contributed by atoms with Crippen LogP contribution in [0.5, 0.6) is 0 Å². The first-order valence-corrected chi connectivity index (χ1v) is 20.3. The summed E-state index contributed by atoms with van der Waals surface area (Å²) in [5.74, 6) is 0. The normalized spacial score (nSPS) is 11.4. The van der Waals surface area contributed by atoms with Gasteiger partial charge in [-0.25, -0.2) is 0 Å². The molecule has 59 heavy (non-hydrogen) atoms. The minimum atomic E-state index is 1.09. The molecular weight excluding hydrogens is 711 g/mol. The van der Waals surface area contributed by atoms with E-state index in [0.29, 0.717) is 0 Å². The molecule has 0 aliphatic rings. The molecule has 0 radical (unpaired) electrons. The van der Waals surface area contributed by atoms with Gasteiger partial charge < -0.3 is 4.90 Å². The Morgan fingerprint density at radius 1 is 0.220 bits per heavy atom. The van der Waals surface area contributed by atoms with Gasteiger partial charge in [0.1, 0.15) is 0 Å². The summed E-state index contributed by atoms with van der Waals surface area (Å²) >= 11 is 0. The van der Waals surface area contributed by atoms with Gasteiger partial charge in [0.25, 0.3) is 0 Å². The standard InChI is InChI=1S/C58H39N/c1-3-15-40(16-4-1)41-31-34-48(35-32-41)59(57-26-14-13-23-51(57)42-17-5-2-6-18-42)58-36-33-46(55-37-45-20-8-10-22-50(45)52-24-11-12-25-53(52)55)39-56(58)47-30-29-44-28-27-43-19-7-9-21-49(43)54(44)38-47/h1-39H. The van der Waals surface area contributed by atoms with Crippen molar-refractivity contribution in [3.63, 3.8) is 0 Å². The molecule has 11 aromatic rings. The van der Waals surface area contributed by atoms with E-state index in [4.69, 9.17) is 0 Å². The maximum absolute atomic E-state index is 2.46. The highest BCUT2D eigenvalue weighted by atomic mass is 15.1. The van der Waals surface area contributed by atoms with Gasteiger partial charge in [0.15, 0.2) is 0 Å². The van der Waals surface area contributed by atoms with Gasteiger partial charge in [-0.1, -0.05) is 194 Å². The van der Waals surface area contributed by atoms with Crippen LogP contribution in [0.1, 0.15) is 0 Å². The number of hydrogen-bond donors (Lipinski definition) is 0. The third kappa shape index (κ3) is 6.21. The highest BCUT2D eigenvalue weighted by Gasteiger charge is 2.22. The third-order valence-electron chi connectivity index (χ3n) is 11.8. The number of para-hydroxylation sites is 1. The number of nitrogens with zero attached hydrogens (tertiary/aromatic N) is 1. The van der Waals surface area contributed by atoms with Gasteiger partial charge in [0, 0.05) is 16.8 Å². The molecule has 0 spiro atoms. The van der Waals surface area contributed by atoms with Crippen molar-refractivity contribution in [2.45, 2.75) is 0 Å². The van der Waals surface area contributed by atoms with Crippen LogP contribution in [0.15, 0.2) is 237 Å². The molecule has 0 saturated heterocycles. The molecule has 1 nitrogen and oxygen atoms in total. The van der Waals surface area contributed by atoms with Gasteiger partial charge in [-0.15, -0.1) is 0 Å². The fourth-order valence-electron chi connectivity index (χ4n) is 8.96. The van der Waals surface area contributed by atoms with Crippen LogP contribution in [-0.4, -0.2) is 0 Å². The number of hydrogen-bond acceptors (Lipinski definition) is 1. The monoisotopic (exact) mass is 749 g/mol. The maximum atomic E-state index is 2.46. The molecule has 0 amide bonds. The Bertz CT molecular complexity index is 3310. The van der Waals surface area contributed by atoms with Gasteiger partial charge in [-0.2, -0.15) is 0 Å². The molecule has 0 aliphatic heterocycles. The molecule has 1 heteroatoms. The second kappa shape index (κ2) is 14.6. The van der Waals surface area contributed by atoms with Crippen LogP contribution in [0.4, 0.5) is 17.1 Å². The molecule has 0 aromatic heterocycles. The lowest BCUT2D eigenvalue weighted by molar-refractivity contribution is 1.28. The van der Waals surface area contributed by atoms with Crippen molar-refractivity contribution in [1.82, 2.24) is 0 Å². The molecule has 0 fully saturated rings. The van der Waals surface area contributed by atoms with E-state index in [2.05, 4.69) is 241 Å². The summed E-state index contributed by atoms with van der Waals surface area (Å²) in [7, 11) is 0. The van der Waals surface area contributed by atoms with Crippen LogP contribution in [-0.2, 0) is 0 Å². The SMILES string of the molecule is c1ccc(-c2ccc(N(c3ccccc3-c3ccccc3)c3ccc(-c4cc5ccccc5c5ccccc45)cc3-c3ccc4ccc5ccccc5c4c3)cc2)cc1. The Kier molecular flexibility index (Phi) is 8.56. The van der Waals surface area contributed by atoms with Gasteiger partial charge in [-0.05, 0) is 119 Å². The smallest absolute Gasteiger partial charge is 0.0540 e. The highest BCUT2D eigenvalue weighted by Crippen LogP contribution is 2.47. The number of anilines is 3. The van der Waals surface area contributed by atoms with Crippen LogP contribution in [0, 0.1) is 0 Å². The summed E-state index contributed by atoms with van der Waals surface area (Å²) in [5, 5.41) is 10.00. The average Bonchev–Trinajstić information content (AvgIpc) is 3.32. The minimum absolute atomic E-state index is 1.09. The van der Waals surface area contributed by atoms with Crippen molar-refractivity contribution in [3.05, 3.63) is 237 Å². The Morgan fingerprint density at radius 3 is 1.47 bits per heavy atom. The van der Waals surface area contributed by atoms with Gasteiger partial charge in [-0.3, -0.25) is 0 Å². The van der Waals surface area contributed by atoms with Crippen LogP contribution in [0.3, 0.4) is 0 Å². The van der Waals surface area contributed by atoms with Crippen molar-refractivity contribution >= 4 is 60.2 Å². The first-order chi connectivity index (χ1) is 29.3. The Labute approximate surface area is 344 Å². The molecule has 11 aromatic carbocycles. The fraction of sp³-hybridized carbons (Fsp3) is 0. The number of fused-ring (bicyclic) bond motifs is 6. The maximum Gasteiger partial charge on any atom is 0.0540 e. The fourth-order valence-corrected chi connectivity index (χ4v) is 8.96. The molecule has 11 rings (SSSR count). The summed E-state index contributed by atoms with van der Waals surface area (Å²) in [6, 6.07) is 86.5. The van der Waals surface area contributed by atoms with Crippen molar-refractivity contribution in [3.8, 4) is 44.5 Å². The predicted octanol–water partition coefficient (Wildman–Crippen LogP) is 16.4. The summed E-state index contributed by atoms with van der Waals surface area (Å²) in [6.07, 6.45) is 0. The predicted molar refractivity (Wildman–Crippen MR) is 253 cm³/mol. The van der Waals surface area contributed by atoms with E-state index < -0.39 is 0 Å². The lowest BCUT2D eigenvalue weighted by Gasteiger charge is -2.30. The average molecular weight is 750 g/mol. The zero-order valence-electron chi connectivity index (χ0n) is 32.5. The molecule has 0 heterocycles. The zero-order valence-corrected chi connectivity index (χ0v) is 32.5. The van der Waals surface area contributed by atoms with Crippen LogP contribution in [0.25, 0.3) is 87.6 Å². The topological polar surface area (TPSA) is 3.24 Å². The van der Waals surface area contributed by atoms with E-state index in [1.807, 2.05) is 0 Å². The molecule has 0 saturated carbocycles. The molecule has 0 bridgehead atoms. The van der Waals surface area contributed by atoms with Gasteiger partial charge in [0.2, 0.25) is 0 Å². The molecule has 0 atom stereocenters. The molecule has 0 N–H and O–H groups in total. The Morgan fingerprint density at radius 2 is 0.712 bits per heavy atom. The summed E-state index contributed by atoms with van der Waals surface area (Å²) < 4.78 is 0. The lowest BCUT2D eigenvalue weighted by Crippen LogP contribution is -2.12. The zero-order chi connectivity index (χ0) is 39.1. The first kappa shape index (κ1) is 34.5. The molecule has 276 valence electrons. The molecule has 0 unspecified atom stereocenters. The highest BCUT2D eigenvalue weighted by molar-refractivity contribution is 6.14. The van der Waals surface area contributed by atoms with Crippen LogP contribution < -0.4 is 4.90 Å². The van der Waals surface area contributed by atoms with Crippen LogP contribution in [0.2, 0.25) is 0 Å². The van der Waals surface area contributed by atoms with Crippen LogP contribution >= 0.6 is 0 Å². The first-order valence-electron chi connectivity index (χ1n) is 20.3. The summed E-state index contributed by atoms with van der Waals surface area (Å²) in [5.41, 5.74) is 12.8. The van der Waals surface area contributed by atoms with Gasteiger partial charge >= 0.3 is 0 Å². The number of benzene rings is 11. The third-order valence-corrected chi connectivity index (χ3v) is 11.8. The number of rotatable bonds is 7. The second-order valence-electron chi connectivity index (χ2n) is 15.3. The summed E-state index contributed by atoms with van der Waals surface area (Å²) in [4.78, 5) is 2.46. The Hall–Kier alpha value is -7.74. The van der Waals surface area contributed by atoms with Crippen molar-refractivity contribution in [2.24, 2.45) is 0 Å². The molecular formula is C58H39N. The largest absolute Gasteiger partial charge is 0.309 e. The van der Waals surface area contributed by atoms with E-state index in [9.17, 15) is 0 Å². The van der Waals surface area contributed by atoms with E-state index in [1.54, 1.807) is 0 Å². The van der Waals surface area contributed by atoms with Crippen molar-refractivity contribution in [1.29, 1.82) is 0 Å². The quantitative estimate of drug-likeness (QED) is 0.147. The van der Waals surface area contributed by atoms with Crippen molar-refractivity contribution in [2.75, 3.05) is 4.90 Å². The van der Waals surface area contributed by atoms with E-state index in [1.165, 1.54) is 82.0 Å². The second-order valence-corrected chi connectivity index (χ2v) is 15.3. The Balaban J connectivity index is 1.20. The van der Waals surface area contributed by atoms with E-state index in [0.717, 1.165) is 22.6 Å². The van der Waals surface area contributed by atoms with E-state index >= 15 is 0 Å². The van der Waals surface area contributed by atoms with Crippen molar-refractivity contribution < 1.29 is 0 Å². The van der Waals surface area contributed by atoms with Gasteiger partial charge in [0.05, 0.1) is 11.4 Å². The minimum Gasteiger partial charge on any atom is -0.309 e.